The molecule has 0 spiro atoms. The summed E-state index contributed by atoms with van der Waals surface area (Å²) in [4.78, 5) is 4.20. The molecule has 0 amide bonds. The molecule has 1 aromatic rings. The van der Waals surface area contributed by atoms with Crippen LogP contribution >= 0.6 is 0 Å². The van der Waals surface area contributed by atoms with E-state index in [9.17, 15) is 0 Å². The van der Waals surface area contributed by atoms with Crippen LogP contribution < -0.4 is 5.32 Å². The summed E-state index contributed by atoms with van der Waals surface area (Å²) in [7, 11) is 0. The van der Waals surface area contributed by atoms with Crippen molar-refractivity contribution >= 4 is 0 Å². The fraction of sp³-hybridized carbons (Fsp3) is 0.692. The van der Waals surface area contributed by atoms with Gasteiger partial charge in [-0.05, 0) is 25.7 Å². The van der Waals surface area contributed by atoms with Crippen LogP contribution in [0.1, 0.15) is 51.3 Å². The van der Waals surface area contributed by atoms with Gasteiger partial charge in [0.1, 0.15) is 5.76 Å². The quantitative estimate of drug-likeness (QED) is 0.823. The molecule has 17 heavy (non-hydrogen) atoms. The van der Waals surface area contributed by atoms with E-state index in [2.05, 4.69) is 30.2 Å². The van der Waals surface area contributed by atoms with E-state index in [1.54, 1.807) is 6.20 Å². The minimum Gasteiger partial charge on any atom is -0.444 e. The Morgan fingerprint density at radius 1 is 1.59 bits per heavy atom. The van der Waals surface area contributed by atoms with E-state index in [0.717, 1.165) is 24.6 Å². The third kappa shape index (κ3) is 4.58. The largest absolute Gasteiger partial charge is 0.444 e. The average molecular weight is 235 g/mol. The molecule has 0 aliphatic rings. The van der Waals surface area contributed by atoms with Gasteiger partial charge < -0.3 is 9.73 Å². The molecule has 0 aliphatic heterocycles. The van der Waals surface area contributed by atoms with E-state index in [4.69, 9.17) is 9.68 Å². The van der Waals surface area contributed by atoms with Crippen molar-refractivity contribution in [3.05, 3.63) is 17.8 Å². The first-order valence-corrected chi connectivity index (χ1v) is 5.97. The maximum Gasteiger partial charge on any atom is 0.211 e. The van der Waals surface area contributed by atoms with Crippen molar-refractivity contribution in [1.29, 1.82) is 5.26 Å². The summed E-state index contributed by atoms with van der Waals surface area (Å²) in [5, 5.41) is 12.0. The zero-order chi connectivity index (χ0) is 12.9. The van der Waals surface area contributed by atoms with Crippen molar-refractivity contribution in [3.8, 4) is 6.07 Å². The molecule has 1 atom stereocenters. The molecule has 0 saturated heterocycles. The number of rotatable bonds is 6. The van der Waals surface area contributed by atoms with Gasteiger partial charge in [0.25, 0.3) is 0 Å². The van der Waals surface area contributed by atoms with Gasteiger partial charge in [0.2, 0.25) is 5.89 Å². The van der Waals surface area contributed by atoms with Crippen LogP contribution in [0.3, 0.4) is 0 Å². The first-order chi connectivity index (χ1) is 7.94. The zero-order valence-corrected chi connectivity index (χ0v) is 11.1. The van der Waals surface area contributed by atoms with Gasteiger partial charge in [-0.1, -0.05) is 13.8 Å². The number of hydrogen-bond donors (Lipinski definition) is 1. The highest BCUT2D eigenvalue weighted by molar-refractivity contribution is 4.95. The predicted molar refractivity (Wildman–Crippen MR) is 66.3 cm³/mol. The van der Waals surface area contributed by atoms with Gasteiger partial charge in [0.05, 0.1) is 18.3 Å². The van der Waals surface area contributed by atoms with E-state index in [-0.39, 0.29) is 11.5 Å². The average Bonchev–Trinajstić information content (AvgIpc) is 2.70. The highest BCUT2D eigenvalue weighted by Crippen LogP contribution is 2.22. The summed E-state index contributed by atoms with van der Waals surface area (Å²) in [5.41, 5.74) is 0.117. The molecule has 1 heterocycles. The van der Waals surface area contributed by atoms with Crippen LogP contribution in [0, 0.1) is 23.7 Å². The van der Waals surface area contributed by atoms with Crippen LogP contribution in [-0.2, 0) is 0 Å². The number of hydrogen-bond acceptors (Lipinski definition) is 4. The summed E-state index contributed by atoms with van der Waals surface area (Å²) in [5.74, 6) is 1.55. The van der Waals surface area contributed by atoms with E-state index < -0.39 is 0 Å². The molecule has 0 radical (unpaired) electrons. The monoisotopic (exact) mass is 235 g/mol. The van der Waals surface area contributed by atoms with Gasteiger partial charge in [-0.3, -0.25) is 0 Å². The summed E-state index contributed by atoms with van der Waals surface area (Å²) >= 11 is 0. The van der Waals surface area contributed by atoms with Crippen molar-refractivity contribution in [2.45, 2.75) is 46.6 Å². The van der Waals surface area contributed by atoms with Crippen LogP contribution in [0.25, 0.3) is 0 Å². The highest BCUT2D eigenvalue weighted by atomic mass is 16.4. The van der Waals surface area contributed by atoms with E-state index in [0.29, 0.717) is 6.42 Å². The summed E-state index contributed by atoms with van der Waals surface area (Å²) in [6, 6.07) is 2.29. The molecular weight excluding hydrogens is 214 g/mol. The summed E-state index contributed by atoms with van der Waals surface area (Å²) in [6.45, 7) is 9.08. The second-order valence-electron chi connectivity index (χ2n) is 5.23. The summed E-state index contributed by atoms with van der Waals surface area (Å²) in [6.07, 6.45) is 3.23. The van der Waals surface area contributed by atoms with Crippen molar-refractivity contribution < 1.29 is 4.42 Å². The normalized spacial score (nSPS) is 13.4. The third-order valence-corrected chi connectivity index (χ3v) is 2.81. The van der Waals surface area contributed by atoms with Gasteiger partial charge in [0.15, 0.2) is 0 Å². The van der Waals surface area contributed by atoms with Crippen molar-refractivity contribution in [3.63, 3.8) is 0 Å². The fourth-order valence-electron chi connectivity index (χ4n) is 1.57. The molecule has 4 heteroatoms. The number of aromatic nitrogens is 1. The smallest absolute Gasteiger partial charge is 0.211 e. The Kier molecular flexibility index (Phi) is 4.71. The standard InChI is InChI=1S/C13H21N3O/c1-10-8-15-12(17-10)11(2)16-9-13(3,4)6-5-7-14/h8,11,16H,5-6,9H2,1-4H3. The Morgan fingerprint density at radius 2 is 2.29 bits per heavy atom. The van der Waals surface area contributed by atoms with Crippen molar-refractivity contribution in [1.82, 2.24) is 10.3 Å². The lowest BCUT2D eigenvalue weighted by Crippen LogP contribution is -2.31. The second kappa shape index (κ2) is 5.83. The minimum absolute atomic E-state index is 0.102. The number of nitrogens with zero attached hydrogens (tertiary/aromatic N) is 2. The fourth-order valence-corrected chi connectivity index (χ4v) is 1.57. The molecule has 94 valence electrons. The maximum atomic E-state index is 8.59. The first-order valence-electron chi connectivity index (χ1n) is 5.97. The summed E-state index contributed by atoms with van der Waals surface area (Å²) < 4.78 is 5.47. The van der Waals surface area contributed by atoms with Gasteiger partial charge in [-0.15, -0.1) is 0 Å². The number of aryl methyl sites for hydroxylation is 1. The third-order valence-electron chi connectivity index (χ3n) is 2.81. The Hall–Kier alpha value is -1.34. The Bertz CT molecular complexity index is 390. The van der Waals surface area contributed by atoms with Gasteiger partial charge in [0, 0.05) is 13.0 Å². The van der Waals surface area contributed by atoms with Crippen LogP contribution in [0.4, 0.5) is 0 Å². The van der Waals surface area contributed by atoms with Crippen LogP contribution in [0.15, 0.2) is 10.6 Å². The molecule has 1 N–H and O–H groups in total. The van der Waals surface area contributed by atoms with Gasteiger partial charge in [-0.25, -0.2) is 4.98 Å². The number of nitriles is 1. The zero-order valence-electron chi connectivity index (χ0n) is 11.1. The lowest BCUT2D eigenvalue weighted by molar-refractivity contribution is 0.290. The molecule has 1 rings (SSSR count). The maximum absolute atomic E-state index is 8.59. The van der Waals surface area contributed by atoms with Gasteiger partial charge >= 0.3 is 0 Å². The van der Waals surface area contributed by atoms with Gasteiger partial charge in [-0.2, -0.15) is 5.26 Å². The van der Waals surface area contributed by atoms with Crippen LogP contribution in [0.5, 0.6) is 0 Å². The molecule has 1 aromatic heterocycles. The molecule has 4 nitrogen and oxygen atoms in total. The Morgan fingerprint density at radius 3 is 2.82 bits per heavy atom. The lowest BCUT2D eigenvalue weighted by Gasteiger charge is -2.25. The molecule has 0 aliphatic carbocycles. The molecule has 0 bridgehead atoms. The molecule has 0 aromatic carbocycles. The van der Waals surface area contributed by atoms with E-state index in [1.807, 2.05) is 13.8 Å². The highest BCUT2D eigenvalue weighted by Gasteiger charge is 2.20. The Balaban J connectivity index is 2.42. The number of nitrogens with one attached hydrogen (secondary N) is 1. The van der Waals surface area contributed by atoms with Crippen molar-refractivity contribution in [2.75, 3.05) is 6.54 Å². The van der Waals surface area contributed by atoms with E-state index >= 15 is 0 Å². The van der Waals surface area contributed by atoms with Crippen LogP contribution in [0.2, 0.25) is 0 Å². The van der Waals surface area contributed by atoms with Crippen molar-refractivity contribution in [2.24, 2.45) is 5.41 Å². The minimum atomic E-state index is 0.102. The topological polar surface area (TPSA) is 61.9 Å². The molecule has 1 unspecified atom stereocenters. The predicted octanol–water partition coefficient (Wildman–Crippen LogP) is 2.96. The Labute approximate surface area is 103 Å². The van der Waals surface area contributed by atoms with Crippen LogP contribution in [-0.4, -0.2) is 11.5 Å². The lowest BCUT2D eigenvalue weighted by atomic mass is 9.88. The van der Waals surface area contributed by atoms with E-state index in [1.165, 1.54) is 0 Å². The SMILES string of the molecule is Cc1cnc(C(C)NCC(C)(C)CCC#N)o1. The number of oxazole rings is 1. The first kappa shape index (κ1) is 13.7. The molecular formula is C13H21N3O. The second-order valence-corrected chi connectivity index (χ2v) is 5.23. The molecule has 0 fully saturated rings. The molecule has 0 saturated carbocycles.